The Bertz CT molecular complexity index is 1510. The second kappa shape index (κ2) is 27.9. The number of carbonyl (C=O) groups excluding carboxylic acids is 5. The Morgan fingerprint density at radius 1 is 0.627 bits per heavy atom. The van der Waals surface area contributed by atoms with Crippen molar-refractivity contribution in [3.63, 3.8) is 0 Å². The summed E-state index contributed by atoms with van der Waals surface area (Å²) in [6.45, 7) is -0.944. The number of imide groups is 1. The molecule has 4 saturated heterocycles. The molecule has 4 aliphatic rings. The number of amides is 4. The molecule has 0 bridgehead atoms. The molecule has 4 aliphatic heterocycles. The summed E-state index contributed by atoms with van der Waals surface area (Å²) in [6, 6.07) is -1.02. The summed E-state index contributed by atoms with van der Waals surface area (Å²) < 4.78 is 33.3. The van der Waals surface area contributed by atoms with Crippen molar-refractivity contribution in [2.75, 3.05) is 59.2 Å². The topological polar surface area (TPSA) is 403 Å². The molecular formula is C40H68N4O23. The summed E-state index contributed by atoms with van der Waals surface area (Å²) >= 11 is 0. The van der Waals surface area contributed by atoms with Crippen molar-refractivity contribution in [3.8, 4) is 0 Å². The molecule has 0 aromatic rings. The first-order valence-corrected chi connectivity index (χ1v) is 22.4. The number of carbonyl (C=O) groups is 5. The van der Waals surface area contributed by atoms with Gasteiger partial charge in [0, 0.05) is 51.9 Å². The smallest absolute Gasteiger partial charge is 0.333 e. The van der Waals surface area contributed by atoms with Crippen molar-refractivity contribution in [1.82, 2.24) is 20.6 Å². The van der Waals surface area contributed by atoms with E-state index in [9.17, 15) is 80.1 Å². The van der Waals surface area contributed by atoms with E-state index in [2.05, 4.69) is 10.6 Å². The van der Waals surface area contributed by atoms with Crippen LogP contribution >= 0.6 is 0 Å². The molecule has 0 aromatic carbocycles. The van der Waals surface area contributed by atoms with Gasteiger partial charge in [0.25, 0.3) is 11.8 Å². The third-order valence-electron chi connectivity index (χ3n) is 11.7. The highest BCUT2D eigenvalue weighted by Crippen LogP contribution is 2.25. The summed E-state index contributed by atoms with van der Waals surface area (Å²) in [5.41, 5.74) is 0. The van der Waals surface area contributed by atoms with E-state index in [1.165, 1.54) is 6.92 Å². The van der Waals surface area contributed by atoms with E-state index in [-0.39, 0.29) is 90.4 Å². The fourth-order valence-electron chi connectivity index (χ4n) is 7.64. The van der Waals surface area contributed by atoms with Gasteiger partial charge in [0.1, 0.15) is 67.1 Å². The summed E-state index contributed by atoms with van der Waals surface area (Å²) in [5, 5.41) is 118. The number of ether oxygens (including phenoxy) is 6. The Morgan fingerprint density at radius 3 is 1.66 bits per heavy atom. The number of unbranched alkanes of at least 4 members (excludes halogenated alkanes) is 2. The molecule has 27 heteroatoms. The van der Waals surface area contributed by atoms with E-state index in [4.69, 9.17) is 33.3 Å². The number of hydrogen-bond acceptors (Lipinski definition) is 24. The van der Waals surface area contributed by atoms with Crippen molar-refractivity contribution in [3.05, 3.63) is 0 Å². The SMILES string of the molecule is C[C@@H]1O[C@@H](OCCNC(=O)[C@H](CCCCNC(=O)CCCCC(=O)ON2C(=O)CCC2=O)N(CCO[C@H]2O[C@H](CO)[C@@H](O)[C@H](O)[C@@H]2O)CCO[C@H]2O[C@H](CO)[C@@H](O)[C@H](O)[C@@H]2O)[C@@H](O)[C@H](O)[C@@H]1O. The van der Waals surface area contributed by atoms with Gasteiger partial charge in [-0.3, -0.25) is 24.1 Å². The van der Waals surface area contributed by atoms with Gasteiger partial charge in [0.05, 0.1) is 45.2 Å². The van der Waals surface area contributed by atoms with Crippen LogP contribution in [0.4, 0.5) is 0 Å². The predicted molar refractivity (Wildman–Crippen MR) is 219 cm³/mol. The number of aliphatic hydroxyl groups excluding tert-OH is 11. The van der Waals surface area contributed by atoms with Crippen LogP contribution in [0, 0.1) is 0 Å². The van der Waals surface area contributed by atoms with Crippen LogP contribution in [0.2, 0.25) is 0 Å². The lowest BCUT2D eigenvalue weighted by Crippen LogP contribution is -2.59. The number of nitrogens with zero attached hydrogens (tertiary/aromatic N) is 2. The zero-order chi connectivity index (χ0) is 49.4. The molecular weight excluding hydrogens is 904 g/mol. The van der Waals surface area contributed by atoms with Gasteiger partial charge in [-0.2, -0.15) is 0 Å². The predicted octanol–water partition coefficient (Wildman–Crippen LogP) is -7.30. The molecule has 0 aliphatic carbocycles. The molecule has 386 valence electrons. The molecule has 0 spiro atoms. The highest BCUT2D eigenvalue weighted by atomic mass is 16.7. The molecule has 0 radical (unpaired) electrons. The largest absolute Gasteiger partial charge is 0.394 e. The summed E-state index contributed by atoms with van der Waals surface area (Å²) in [6.07, 6.45) is -21.3. The van der Waals surface area contributed by atoms with Gasteiger partial charge in [-0.1, -0.05) is 0 Å². The number of nitrogens with one attached hydrogen (secondary N) is 2. The summed E-state index contributed by atoms with van der Waals surface area (Å²) in [4.78, 5) is 68.4. The Hall–Kier alpha value is -3.17. The molecule has 0 saturated carbocycles. The van der Waals surface area contributed by atoms with Crippen molar-refractivity contribution in [1.29, 1.82) is 0 Å². The van der Waals surface area contributed by atoms with Crippen LogP contribution in [0.3, 0.4) is 0 Å². The summed E-state index contributed by atoms with van der Waals surface area (Å²) in [5.74, 6) is -2.88. The molecule has 67 heavy (non-hydrogen) atoms. The average molecular weight is 973 g/mol. The monoisotopic (exact) mass is 972 g/mol. The van der Waals surface area contributed by atoms with Gasteiger partial charge in [0.2, 0.25) is 11.8 Å². The molecule has 0 unspecified atom stereocenters. The second-order valence-corrected chi connectivity index (χ2v) is 16.6. The molecule has 16 atom stereocenters. The maximum Gasteiger partial charge on any atom is 0.333 e. The maximum absolute atomic E-state index is 14.0. The van der Waals surface area contributed by atoms with Gasteiger partial charge in [0.15, 0.2) is 18.9 Å². The molecule has 13 N–H and O–H groups in total. The third-order valence-corrected chi connectivity index (χ3v) is 11.7. The van der Waals surface area contributed by atoms with Crippen LogP contribution in [0.15, 0.2) is 0 Å². The number of rotatable bonds is 27. The third kappa shape index (κ3) is 16.2. The first kappa shape index (κ1) is 56.4. The van der Waals surface area contributed by atoms with E-state index in [1.54, 1.807) is 4.90 Å². The minimum atomic E-state index is -1.73. The Kier molecular flexibility index (Phi) is 23.5. The van der Waals surface area contributed by atoms with Crippen molar-refractivity contribution in [2.24, 2.45) is 0 Å². The molecule has 27 nitrogen and oxygen atoms in total. The average Bonchev–Trinajstić information content (AvgIpc) is 3.62. The first-order chi connectivity index (χ1) is 31.9. The summed E-state index contributed by atoms with van der Waals surface area (Å²) in [7, 11) is 0. The van der Waals surface area contributed by atoms with Crippen molar-refractivity contribution >= 4 is 29.6 Å². The van der Waals surface area contributed by atoms with Gasteiger partial charge in [-0.05, 0) is 39.0 Å². The van der Waals surface area contributed by atoms with E-state index in [1.807, 2.05) is 0 Å². The lowest BCUT2D eigenvalue weighted by atomic mass is 9.99. The van der Waals surface area contributed by atoms with Crippen LogP contribution in [-0.2, 0) is 57.2 Å². The zero-order valence-corrected chi connectivity index (χ0v) is 37.2. The van der Waals surface area contributed by atoms with E-state index in [0.29, 0.717) is 24.3 Å². The van der Waals surface area contributed by atoms with Gasteiger partial charge < -0.3 is 100 Å². The molecule has 4 rings (SSSR count). The van der Waals surface area contributed by atoms with Crippen LogP contribution in [0.25, 0.3) is 0 Å². The van der Waals surface area contributed by atoms with Crippen LogP contribution in [-0.4, -0.2) is 253 Å². The minimum Gasteiger partial charge on any atom is -0.394 e. The van der Waals surface area contributed by atoms with Crippen LogP contribution in [0.5, 0.6) is 0 Å². The molecule has 4 amide bonds. The van der Waals surface area contributed by atoms with Crippen LogP contribution < -0.4 is 10.6 Å². The van der Waals surface area contributed by atoms with Crippen molar-refractivity contribution in [2.45, 2.75) is 163 Å². The van der Waals surface area contributed by atoms with Crippen LogP contribution in [0.1, 0.15) is 64.7 Å². The first-order valence-electron chi connectivity index (χ1n) is 22.4. The zero-order valence-electron chi connectivity index (χ0n) is 37.2. The molecule has 4 heterocycles. The van der Waals surface area contributed by atoms with Gasteiger partial charge in [-0.15, -0.1) is 5.06 Å². The lowest BCUT2D eigenvalue weighted by Gasteiger charge is -2.40. The van der Waals surface area contributed by atoms with Crippen molar-refractivity contribution < 1.29 is 113 Å². The molecule has 0 aromatic heterocycles. The Balaban J connectivity index is 1.38. The number of hydroxylamine groups is 2. The second-order valence-electron chi connectivity index (χ2n) is 16.6. The lowest BCUT2D eigenvalue weighted by molar-refractivity contribution is -0.303. The normalized spacial score (nSPS) is 34.0. The number of hydrogen-bond donors (Lipinski definition) is 13. The van der Waals surface area contributed by atoms with Gasteiger partial charge >= 0.3 is 5.97 Å². The quantitative estimate of drug-likeness (QED) is 0.0269. The standard InChI is InChI=1S/C40H68N4O23/c1-20-28(51)31(54)34(57)38(64-20)61-15-12-42-37(60)21(6-4-5-11-41-24(47)7-2-3-8-27(50)67-44-25(48)9-10-26(44)49)43(13-16-62-39-35(58)32(55)29(52)22(18-45)65-39)14-17-63-40-36(59)33(56)30(53)23(19-46)66-40/h20-23,28-36,38-40,45-46,51-59H,2-19H2,1H3,(H,41,47)(H,42,60)/t20-,21-,22+,23+,28+,29+,30+,31+,32-,33-,34-,35-,36-,38+,39-,40-/m0/s1. The Labute approximate surface area is 385 Å². The van der Waals surface area contributed by atoms with E-state index >= 15 is 0 Å². The van der Waals surface area contributed by atoms with E-state index in [0.717, 1.165) is 0 Å². The minimum absolute atomic E-state index is 0.0378. The number of aliphatic hydroxyl groups is 11. The highest BCUT2D eigenvalue weighted by molar-refractivity contribution is 6.01. The molecule has 4 fully saturated rings. The Morgan fingerprint density at radius 2 is 1.12 bits per heavy atom. The van der Waals surface area contributed by atoms with E-state index < -0.39 is 135 Å². The van der Waals surface area contributed by atoms with Gasteiger partial charge in [-0.25, -0.2) is 4.79 Å². The fraction of sp³-hybridized carbons (Fsp3) is 0.875. The fourth-order valence-corrected chi connectivity index (χ4v) is 7.64. The highest BCUT2D eigenvalue weighted by Gasteiger charge is 2.46. The maximum atomic E-state index is 14.0.